The number of carboxylic acid groups (broad SMARTS) is 1. The number of ether oxygens (including phenoxy) is 1. The fourth-order valence-corrected chi connectivity index (χ4v) is 6.23. The van der Waals surface area contributed by atoms with E-state index in [1.54, 1.807) is 0 Å². The molecular weight excluding hydrogens is 328 g/mol. The van der Waals surface area contributed by atoms with Crippen molar-refractivity contribution in [3.8, 4) is 11.5 Å². The van der Waals surface area contributed by atoms with Gasteiger partial charge in [-0.3, -0.25) is 0 Å². The molecule has 2 fully saturated rings. The lowest BCUT2D eigenvalue weighted by molar-refractivity contribution is -0.121. The predicted octanol–water partition coefficient (Wildman–Crippen LogP) is 5.12. The van der Waals surface area contributed by atoms with E-state index in [2.05, 4.69) is 27.7 Å². The van der Waals surface area contributed by atoms with Crippen LogP contribution in [0.2, 0.25) is 0 Å². The van der Waals surface area contributed by atoms with Gasteiger partial charge in [0.1, 0.15) is 22.7 Å². The number of carbonyl (C=O) groups is 1. The second-order valence-electron chi connectivity index (χ2n) is 9.32. The first-order valence-electron chi connectivity index (χ1n) is 10.0. The van der Waals surface area contributed by atoms with E-state index < -0.39 is 5.97 Å². The Balaban J connectivity index is 1.85. The smallest absolute Gasteiger partial charge is 0.339 e. The molecule has 1 heterocycles. The van der Waals surface area contributed by atoms with E-state index in [9.17, 15) is 15.0 Å². The lowest BCUT2D eigenvalue weighted by atomic mass is 9.45. The van der Waals surface area contributed by atoms with Crippen LogP contribution in [-0.2, 0) is 6.42 Å². The molecule has 1 aromatic carbocycles. The van der Waals surface area contributed by atoms with E-state index in [0.717, 1.165) is 43.4 Å². The number of benzene rings is 1. The molecule has 4 rings (SSSR count). The van der Waals surface area contributed by atoms with Crippen LogP contribution in [0.4, 0.5) is 0 Å². The maximum absolute atomic E-state index is 11.9. The molecule has 0 saturated heterocycles. The van der Waals surface area contributed by atoms with Crippen molar-refractivity contribution in [2.75, 3.05) is 0 Å². The van der Waals surface area contributed by atoms with E-state index in [-0.39, 0.29) is 28.2 Å². The van der Waals surface area contributed by atoms with Crippen LogP contribution in [0.3, 0.4) is 0 Å². The molecule has 0 bridgehead atoms. The van der Waals surface area contributed by atoms with Crippen LogP contribution in [-0.4, -0.2) is 21.8 Å². The van der Waals surface area contributed by atoms with Gasteiger partial charge >= 0.3 is 5.97 Å². The number of carboxylic acids is 1. The molecule has 2 N–H and O–H groups in total. The number of hydrogen-bond acceptors (Lipinski definition) is 3. The monoisotopic (exact) mass is 358 g/mol. The third-order valence-electron chi connectivity index (χ3n) is 7.51. The van der Waals surface area contributed by atoms with Gasteiger partial charge in [-0.25, -0.2) is 4.79 Å². The third-order valence-corrected chi connectivity index (χ3v) is 7.51. The molecule has 0 aromatic heterocycles. The van der Waals surface area contributed by atoms with Crippen molar-refractivity contribution in [2.45, 2.75) is 77.7 Å². The summed E-state index contributed by atoms with van der Waals surface area (Å²) >= 11 is 0. The summed E-state index contributed by atoms with van der Waals surface area (Å²) in [6.07, 6.45) is 5.90. The van der Waals surface area contributed by atoms with E-state index in [1.165, 1.54) is 0 Å². The van der Waals surface area contributed by atoms with Gasteiger partial charge < -0.3 is 14.9 Å². The molecule has 2 saturated carbocycles. The summed E-state index contributed by atoms with van der Waals surface area (Å²) in [4.78, 5) is 11.9. The number of fused-ring (bicyclic) bond motifs is 2. The highest BCUT2D eigenvalue weighted by Gasteiger charge is 2.69. The largest absolute Gasteiger partial charge is 0.507 e. The summed E-state index contributed by atoms with van der Waals surface area (Å²) in [5, 5.41) is 20.8. The van der Waals surface area contributed by atoms with Gasteiger partial charge in [-0.1, -0.05) is 33.6 Å². The van der Waals surface area contributed by atoms with Gasteiger partial charge in [0.2, 0.25) is 0 Å². The lowest BCUT2D eigenvalue weighted by Gasteiger charge is -2.62. The zero-order valence-electron chi connectivity index (χ0n) is 16.3. The van der Waals surface area contributed by atoms with Crippen molar-refractivity contribution in [1.82, 2.24) is 0 Å². The first kappa shape index (κ1) is 17.7. The van der Waals surface area contributed by atoms with Crippen LogP contribution in [0.1, 0.15) is 87.2 Å². The van der Waals surface area contributed by atoms with Crippen LogP contribution in [0.25, 0.3) is 0 Å². The van der Waals surface area contributed by atoms with Gasteiger partial charge in [-0.2, -0.15) is 0 Å². The summed E-state index contributed by atoms with van der Waals surface area (Å²) in [6, 6.07) is 1.91. The van der Waals surface area contributed by atoms with Gasteiger partial charge in [0.15, 0.2) is 0 Å². The number of hydrogen-bond donors (Lipinski definition) is 2. The summed E-state index contributed by atoms with van der Waals surface area (Å²) in [6.45, 7) is 8.84. The molecule has 0 unspecified atom stereocenters. The number of aromatic hydroxyl groups is 1. The number of rotatable bonds is 5. The highest BCUT2D eigenvalue weighted by molar-refractivity contribution is 5.94. The average molecular weight is 358 g/mol. The van der Waals surface area contributed by atoms with Gasteiger partial charge in [-0.05, 0) is 55.6 Å². The predicted molar refractivity (Wildman–Crippen MR) is 100 cm³/mol. The van der Waals surface area contributed by atoms with Crippen LogP contribution in [0, 0.1) is 17.3 Å². The summed E-state index contributed by atoms with van der Waals surface area (Å²) in [5.74, 6) is 0.769. The summed E-state index contributed by atoms with van der Waals surface area (Å²) < 4.78 is 6.45. The van der Waals surface area contributed by atoms with Crippen molar-refractivity contribution in [1.29, 1.82) is 0 Å². The summed E-state index contributed by atoms with van der Waals surface area (Å²) in [7, 11) is 0. The minimum atomic E-state index is -1.04. The molecule has 1 aliphatic heterocycles. The van der Waals surface area contributed by atoms with Gasteiger partial charge in [0.05, 0.1) is 0 Å². The fourth-order valence-electron chi connectivity index (χ4n) is 6.23. The molecule has 2 aliphatic carbocycles. The molecule has 0 amide bonds. The Morgan fingerprint density at radius 2 is 2.04 bits per heavy atom. The average Bonchev–Trinajstić information content (AvgIpc) is 2.88. The van der Waals surface area contributed by atoms with Crippen molar-refractivity contribution in [3.05, 3.63) is 22.8 Å². The molecule has 0 radical (unpaired) electrons. The van der Waals surface area contributed by atoms with Gasteiger partial charge in [0, 0.05) is 17.4 Å². The Labute approximate surface area is 155 Å². The molecule has 4 heteroatoms. The van der Waals surface area contributed by atoms with Crippen LogP contribution < -0.4 is 4.74 Å². The van der Waals surface area contributed by atoms with E-state index >= 15 is 0 Å². The Morgan fingerprint density at radius 3 is 2.69 bits per heavy atom. The number of unbranched alkanes of at least 4 members (excludes halogenated alkanes) is 2. The van der Waals surface area contributed by atoms with Crippen molar-refractivity contribution < 1.29 is 19.7 Å². The molecule has 0 spiro atoms. The van der Waals surface area contributed by atoms with Crippen LogP contribution >= 0.6 is 0 Å². The van der Waals surface area contributed by atoms with E-state index in [1.807, 2.05) is 6.07 Å². The zero-order chi connectivity index (χ0) is 18.9. The van der Waals surface area contributed by atoms with Crippen molar-refractivity contribution in [3.63, 3.8) is 0 Å². The van der Waals surface area contributed by atoms with Crippen molar-refractivity contribution in [2.24, 2.45) is 17.3 Å². The number of aryl methyl sites for hydroxylation is 1. The second kappa shape index (κ2) is 5.64. The first-order valence-corrected chi connectivity index (χ1v) is 10.0. The Bertz CT molecular complexity index is 766. The maximum Gasteiger partial charge on any atom is 0.339 e. The molecule has 1 aromatic rings. The topological polar surface area (TPSA) is 66.8 Å². The highest BCUT2D eigenvalue weighted by Crippen LogP contribution is 2.74. The Kier molecular flexibility index (Phi) is 3.84. The summed E-state index contributed by atoms with van der Waals surface area (Å²) in [5.41, 5.74) is 1.42. The van der Waals surface area contributed by atoms with Crippen LogP contribution in [0.5, 0.6) is 11.5 Å². The normalized spacial score (nSPS) is 33.0. The number of aromatic carboxylic acids is 1. The van der Waals surface area contributed by atoms with Gasteiger partial charge in [0.25, 0.3) is 0 Å². The molecule has 4 nitrogen and oxygen atoms in total. The minimum Gasteiger partial charge on any atom is -0.507 e. The Hall–Kier alpha value is -1.71. The van der Waals surface area contributed by atoms with Gasteiger partial charge in [-0.15, -0.1) is 0 Å². The fraction of sp³-hybridized carbons (Fsp3) is 0.682. The number of phenols is 1. The molecule has 26 heavy (non-hydrogen) atoms. The maximum atomic E-state index is 11.9. The first-order chi connectivity index (χ1) is 12.2. The zero-order valence-corrected chi connectivity index (χ0v) is 16.3. The highest BCUT2D eigenvalue weighted by atomic mass is 16.5. The van der Waals surface area contributed by atoms with Crippen LogP contribution in [0.15, 0.2) is 6.07 Å². The molecule has 4 atom stereocenters. The SMILES string of the molecule is CCCCCc1cc2c(c(O)c1C(=O)O)[C@H]1[C@@H]3[C@@H](CC[C@]3(C)O2)C1(C)C. The second-order valence-corrected chi connectivity index (χ2v) is 9.32. The quantitative estimate of drug-likeness (QED) is 0.717. The standard InChI is InChI=1S/C22H30O4/c1-5-6-7-8-12-11-14-16(19(23)15(12)20(24)25)18-17-13(21(18,2)3)9-10-22(17,4)26-14/h11,13,17-18,23H,5-10H2,1-4H3,(H,24,25)/t13-,17+,18+,22+/m1/s1. The molecule has 142 valence electrons. The van der Waals surface area contributed by atoms with Crippen molar-refractivity contribution >= 4 is 5.97 Å². The molecular formula is C22H30O4. The Morgan fingerprint density at radius 1 is 1.31 bits per heavy atom. The lowest BCUT2D eigenvalue weighted by Crippen LogP contribution is -2.59. The van der Waals surface area contributed by atoms with E-state index in [4.69, 9.17) is 4.74 Å². The molecule has 3 aliphatic rings. The van der Waals surface area contributed by atoms with E-state index in [0.29, 0.717) is 23.8 Å². The minimum absolute atomic E-state index is 0.0491. The third kappa shape index (κ3) is 2.17.